The Morgan fingerprint density at radius 1 is 1.64 bits per heavy atom. The molecule has 0 unspecified atom stereocenters. The molecule has 2 bridgehead atoms. The van der Waals surface area contributed by atoms with Gasteiger partial charge in [0, 0.05) is 12.3 Å². The second kappa shape index (κ2) is 4.09. The molecule has 1 fully saturated rings. The molecule has 0 amide bonds. The Labute approximate surface area is 92.0 Å². The van der Waals surface area contributed by atoms with E-state index >= 15 is 0 Å². The molecule has 14 heavy (non-hydrogen) atoms. The van der Waals surface area contributed by atoms with Gasteiger partial charge in [-0.25, -0.2) is 0 Å². The summed E-state index contributed by atoms with van der Waals surface area (Å²) in [4.78, 5) is 11.3. The lowest BCUT2D eigenvalue weighted by molar-refractivity contribution is -0.169. The first-order valence-corrected chi connectivity index (χ1v) is 5.39. The van der Waals surface area contributed by atoms with Crippen molar-refractivity contribution >= 4 is 29.2 Å². The third kappa shape index (κ3) is 1.76. The van der Waals surface area contributed by atoms with Crippen molar-refractivity contribution < 1.29 is 14.3 Å². The number of halogens is 2. The first kappa shape index (κ1) is 10.3. The summed E-state index contributed by atoms with van der Waals surface area (Å²) < 4.78 is 10.5. The number of hydrogen-bond donors (Lipinski definition) is 0. The number of esters is 1. The van der Waals surface area contributed by atoms with Crippen LogP contribution in [0.4, 0.5) is 0 Å². The second-order valence-electron chi connectivity index (χ2n) is 3.34. The van der Waals surface area contributed by atoms with Crippen LogP contribution < -0.4 is 0 Å². The zero-order chi connectivity index (χ0) is 10.1. The number of ether oxygens (including phenoxy) is 2. The smallest absolute Gasteiger partial charge is 0.316 e. The molecule has 0 aromatic rings. The monoisotopic (exact) mass is 236 g/mol. The Bertz CT molecular complexity index is 277. The first-order chi connectivity index (χ1) is 6.72. The maximum Gasteiger partial charge on any atom is 0.316 e. The standard InChI is InChI=1S/C9H10Cl2O3/c10-1-2-13-7-4-8-6(11)3-5(7)9(12)14-8/h3,5,7-8H,1-2,4H2/t5-,7-,8-/m0/s1. The largest absolute Gasteiger partial charge is 0.456 e. The fraction of sp³-hybridized carbons (Fsp3) is 0.667. The van der Waals surface area contributed by atoms with E-state index in [-0.39, 0.29) is 24.1 Å². The van der Waals surface area contributed by atoms with Gasteiger partial charge in [-0.2, -0.15) is 0 Å². The predicted molar refractivity (Wildman–Crippen MR) is 52.4 cm³/mol. The quantitative estimate of drug-likeness (QED) is 0.553. The lowest BCUT2D eigenvalue weighted by Gasteiger charge is -2.37. The average molecular weight is 237 g/mol. The third-order valence-electron chi connectivity index (χ3n) is 2.43. The van der Waals surface area contributed by atoms with Crippen molar-refractivity contribution in [2.45, 2.75) is 18.6 Å². The van der Waals surface area contributed by atoms with Gasteiger partial charge < -0.3 is 9.47 Å². The van der Waals surface area contributed by atoms with E-state index in [1.807, 2.05) is 0 Å². The number of rotatable bonds is 3. The summed E-state index contributed by atoms with van der Waals surface area (Å²) >= 11 is 11.4. The Balaban J connectivity index is 2.07. The molecular weight excluding hydrogens is 227 g/mol. The van der Waals surface area contributed by atoms with Crippen molar-refractivity contribution in [2.24, 2.45) is 5.92 Å². The van der Waals surface area contributed by atoms with Gasteiger partial charge in [0.05, 0.1) is 17.7 Å². The average Bonchev–Trinajstić information content (AvgIpc) is 2.17. The van der Waals surface area contributed by atoms with Crippen LogP contribution >= 0.6 is 23.2 Å². The molecule has 0 aromatic heterocycles. The van der Waals surface area contributed by atoms with Crippen molar-refractivity contribution in [3.8, 4) is 0 Å². The minimum atomic E-state index is -0.351. The molecule has 0 N–H and O–H groups in total. The van der Waals surface area contributed by atoms with Crippen LogP contribution in [0.2, 0.25) is 0 Å². The van der Waals surface area contributed by atoms with Gasteiger partial charge in [0.15, 0.2) is 0 Å². The van der Waals surface area contributed by atoms with Crippen molar-refractivity contribution in [1.29, 1.82) is 0 Å². The highest BCUT2D eigenvalue weighted by molar-refractivity contribution is 6.30. The Hall–Kier alpha value is -0.250. The zero-order valence-corrected chi connectivity index (χ0v) is 8.92. The van der Waals surface area contributed by atoms with Crippen molar-refractivity contribution in [2.75, 3.05) is 12.5 Å². The van der Waals surface area contributed by atoms with Crippen LogP contribution in [-0.4, -0.2) is 30.7 Å². The van der Waals surface area contributed by atoms with Gasteiger partial charge in [-0.15, -0.1) is 11.6 Å². The molecule has 1 aliphatic carbocycles. The van der Waals surface area contributed by atoms with Crippen LogP contribution in [0.15, 0.2) is 11.1 Å². The second-order valence-corrected chi connectivity index (χ2v) is 4.15. The summed E-state index contributed by atoms with van der Waals surface area (Å²) in [5.41, 5.74) is 0. The highest BCUT2D eigenvalue weighted by Gasteiger charge is 2.43. The van der Waals surface area contributed by atoms with E-state index in [0.717, 1.165) is 0 Å². The molecule has 0 radical (unpaired) electrons. The molecule has 3 rings (SSSR count). The minimum absolute atomic E-state index is 0.123. The van der Waals surface area contributed by atoms with Crippen LogP contribution in [-0.2, 0) is 14.3 Å². The summed E-state index contributed by atoms with van der Waals surface area (Å²) in [6, 6.07) is 0. The van der Waals surface area contributed by atoms with E-state index in [0.29, 0.717) is 23.9 Å². The van der Waals surface area contributed by atoms with E-state index in [1.54, 1.807) is 6.08 Å². The van der Waals surface area contributed by atoms with E-state index in [2.05, 4.69) is 0 Å². The lowest BCUT2D eigenvalue weighted by atomic mass is 9.87. The highest BCUT2D eigenvalue weighted by atomic mass is 35.5. The normalized spacial score (nSPS) is 35.4. The maximum absolute atomic E-state index is 11.3. The molecule has 0 spiro atoms. The molecule has 1 saturated heterocycles. The predicted octanol–water partition coefficient (Wildman–Crippen LogP) is 1.68. The van der Waals surface area contributed by atoms with Gasteiger partial charge in [0.1, 0.15) is 12.0 Å². The van der Waals surface area contributed by atoms with Gasteiger partial charge >= 0.3 is 5.97 Å². The summed E-state index contributed by atoms with van der Waals surface area (Å²) in [5.74, 6) is -0.165. The van der Waals surface area contributed by atoms with Gasteiger partial charge in [0.25, 0.3) is 0 Å². The molecule has 2 aliphatic heterocycles. The number of carbonyl (C=O) groups excluding carboxylic acids is 1. The van der Waals surface area contributed by atoms with Crippen LogP contribution in [0.25, 0.3) is 0 Å². The molecule has 0 saturated carbocycles. The van der Waals surface area contributed by atoms with Crippen molar-refractivity contribution in [1.82, 2.24) is 0 Å². The zero-order valence-electron chi connectivity index (χ0n) is 7.41. The molecule has 0 aromatic carbocycles. The molecule has 3 aliphatic rings. The van der Waals surface area contributed by atoms with E-state index < -0.39 is 0 Å². The number of carbonyl (C=O) groups is 1. The SMILES string of the molecule is O=C1O[C@H]2C[C@H](OCCCl)[C@@H]1C=C2Cl. The topological polar surface area (TPSA) is 35.5 Å². The number of fused-ring (bicyclic) bond motifs is 2. The van der Waals surface area contributed by atoms with Crippen LogP contribution in [0.5, 0.6) is 0 Å². The van der Waals surface area contributed by atoms with Gasteiger partial charge in [-0.05, 0) is 6.08 Å². The van der Waals surface area contributed by atoms with Gasteiger partial charge in [0.2, 0.25) is 0 Å². The molecule has 78 valence electrons. The van der Waals surface area contributed by atoms with Gasteiger partial charge in [-0.3, -0.25) is 4.79 Å². The van der Waals surface area contributed by atoms with Crippen molar-refractivity contribution in [3.63, 3.8) is 0 Å². The summed E-state index contributed by atoms with van der Waals surface area (Å²) in [7, 11) is 0. The van der Waals surface area contributed by atoms with E-state index in [1.165, 1.54) is 0 Å². The number of alkyl halides is 1. The minimum Gasteiger partial charge on any atom is -0.456 e. The Morgan fingerprint density at radius 3 is 3.07 bits per heavy atom. The molecule has 3 nitrogen and oxygen atoms in total. The Kier molecular flexibility index (Phi) is 3.00. The van der Waals surface area contributed by atoms with E-state index in [9.17, 15) is 4.79 Å². The molecule has 5 heteroatoms. The van der Waals surface area contributed by atoms with Gasteiger partial charge in [-0.1, -0.05) is 11.6 Å². The summed E-state index contributed by atoms with van der Waals surface area (Å²) in [6.07, 6.45) is 1.93. The summed E-state index contributed by atoms with van der Waals surface area (Å²) in [5, 5.41) is 0.611. The summed E-state index contributed by atoms with van der Waals surface area (Å²) in [6.45, 7) is 0.453. The fourth-order valence-electron chi connectivity index (χ4n) is 1.77. The first-order valence-electron chi connectivity index (χ1n) is 4.47. The van der Waals surface area contributed by atoms with E-state index in [4.69, 9.17) is 32.7 Å². The van der Waals surface area contributed by atoms with Crippen LogP contribution in [0.1, 0.15) is 6.42 Å². The highest BCUT2D eigenvalue weighted by Crippen LogP contribution is 2.36. The lowest BCUT2D eigenvalue weighted by Crippen LogP contribution is -2.46. The molecular formula is C9H10Cl2O3. The third-order valence-corrected chi connectivity index (χ3v) is 2.96. The van der Waals surface area contributed by atoms with Crippen molar-refractivity contribution in [3.05, 3.63) is 11.1 Å². The molecule has 3 atom stereocenters. The van der Waals surface area contributed by atoms with Crippen LogP contribution in [0.3, 0.4) is 0 Å². The Morgan fingerprint density at radius 2 is 2.43 bits per heavy atom. The molecule has 2 heterocycles. The maximum atomic E-state index is 11.3. The number of hydrogen-bond acceptors (Lipinski definition) is 3. The fourth-order valence-corrected chi connectivity index (χ4v) is 2.13. The van der Waals surface area contributed by atoms with Crippen LogP contribution in [0, 0.1) is 5.92 Å².